The van der Waals surface area contributed by atoms with Crippen molar-refractivity contribution in [1.29, 1.82) is 0 Å². The van der Waals surface area contributed by atoms with Gasteiger partial charge in [-0.1, -0.05) is 30.3 Å². The van der Waals surface area contributed by atoms with Gasteiger partial charge in [0, 0.05) is 31.6 Å². The molecule has 2 fully saturated rings. The van der Waals surface area contributed by atoms with E-state index in [0.717, 1.165) is 32.5 Å². The minimum atomic E-state index is 0.364. The van der Waals surface area contributed by atoms with E-state index < -0.39 is 0 Å². The van der Waals surface area contributed by atoms with Gasteiger partial charge in [-0.2, -0.15) is 0 Å². The Balaban J connectivity index is 1.74. The zero-order valence-electron chi connectivity index (χ0n) is 11.6. The first-order valence-corrected chi connectivity index (χ1v) is 7.24. The lowest BCUT2D eigenvalue weighted by molar-refractivity contribution is -0.122. The molecule has 1 aromatic rings. The molecule has 0 amide bonds. The third-order valence-electron chi connectivity index (χ3n) is 4.27. The molecular formula is C16H22N2O. The van der Waals surface area contributed by atoms with Crippen LogP contribution >= 0.6 is 0 Å². The quantitative estimate of drug-likeness (QED) is 0.825. The summed E-state index contributed by atoms with van der Waals surface area (Å²) in [5.74, 6) is 0.821. The minimum absolute atomic E-state index is 0.364. The Kier molecular flexibility index (Phi) is 3.67. The predicted octanol–water partition coefficient (Wildman–Crippen LogP) is 1.95. The molecule has 1 aliphatic carbocycles. The van der Waals surface area contributed by atoms with Gasteiger partial charge in [-0.05, 0) is 25.5 Å². The van der Waals surface area contributed by atoms with Crippen LogP contribution in [0.5, 0.6) is 0 Å². The second-order valence-electron chi connectivity index (χ2n) is 5.90. The Hall–Kier alpha value is -1.19. The highest BCUT2D eigenvalue weighted by Gasteiger charge is 2.34. The van der Waals surface area contributed by atoms with E-state index in [9.17, 15) is 4.79 Å². The number of likely N-dealkylation sites (N-methyl/N-ethyl adjacent to an activating group) is 1. The molecule has 3 rings (SSSR count). The van der Waals surface area contributed by atoms with Gasteiger partial charge in [0.15, 0.2) is 0 Å². The van der Waals surface area contributed by atoms with Crippen LogP contribution in [0.25, 0.3) is 0 Å². The molecule has 1 saturated carbocycles. The average Bonchev–Trinajstić information content (AvgIpc) is 3.26. The van der Waals surface area contributed by atoms with Crippen molar-refractivity contribution in [2.24, 2.45) is 5.92 Å². The molecule has 1 aliphatic heterocycles. The van der Waals surface area contributed by atoms with Crippen LogP contribution in [0.4, 0.5) is 0 Å². The molecule has 0 spiro atoms. The molecule has 0 N–H and O–H groups in total. The van der Waals surface area contributed by atoms with Crippen LogP contribution in [-0.2, 0) is 4.79 Å². The summed E-state index contributed by atoms with van der Waals surface area (Å²) in [6.07, 6.45) is 2.23. The third-order valence-corrected chi connectivity index (χ3v) is 4.27. The van der Waals surface area contributed by atoms with E-state index in [4.69, 9.17) is 0 Å². The van der Waals surface area contributed by atoms with Crippen LogP contribution in [0.3, 0.4) is 0 Å². The second-order valence-corrected chi connectivity index (χ2v) is 5.90. The lowest BCUT2D eigenvalue weighted by Crippen LogP contribution is -2.48. The van der Waals surface area contributed by atoms with E-state index in [0.29, 0.717) is 24.3 Å². The summed E-state index contributed by atoms with van der Waals surface area (Å²) in [5.41, 5.74) is 1.33. The number of nitrogens with zero attached hydrogens (tertiary/aromatic N) is 2. The highest BCUT2D eigenvalue weighted by molar-refractivity contribution is 5.85. The maximum absolute atomic E-state index is 12.1. The van der Waals surface area contributed by atoms with Crippen LogP contribution in [0, 0.1) is 5.92 Å². The normalized spacial score (nSPS) is 25.4. The smallest absolute Gasteiger partial charge is 0.149 e. The van der Waals surface area contributed by atoms with Gasteiger partial charge in [0.1, 0.15) is 5.78 Å². The third kappa shape index (κ3) is 3.04. The van der Waals surface area contributed by atoms with Crippen molar-refractivity contribution in [2.75, 3.05) is 33.2 Å². The number of hydrogen-bond acceptors (Lipinski definition) is 3. The molecule has 3 heteroatoms. The number of carbonyl (C=O) groups excluding carboxylic acids is 1. The summed E-state index contributed by atoms with van der Waals surface area (Å²) in [7, 11) is 2.16. The first-order valence-electron chi connectivity index (χ1n) is 7.24. The fourth-order valence-corrected chi connectivity index (χ4v) is 2.87. The summed E-state index contributed by atoms with van der Waals surface area (Å²) in [5, 5.41) is 0. The summed E-state index contributed by atoms with van der Waals surface area (Å²) in [4.78, 5) is 16.8. The maximum atomic E-state index is 12.1. The molecule has 3 nitrogen and oxygen atoms in total. The Morgan fingerprint density at radius 1 is 1.21 bits per heavy atom. The molecule has 1 saturated heterocycles. The lowest BCUT2D eigenvalue weighted by Gasteiger charge is -2.40. The molecule has 1 heterocycles. The van der Waals surface area contributed by atoms with Crippen LogP contribution < -0.4 is 0 Å². The molecule has 102 valence electrons. The van der Waals surface area contributed by atoms with Gasteiger partial charge in [-0.3, -0.25) is 9.69 Å². The zero-order valence-corrected chi connectivity index (χ0v) is 11.6. The van der Waals surface area contributed by atoms with E-state index in [1.54, 1.807) is 0 Å². The molecule has 1 aromatic carbocycles. The minimum Gasteiger partial charge on any atom is -0.303 e. The molecule has 0 aromatic heterocycles. The highest BCUT2D eigenvalue weighted by atomic mass is 16.1. The Morgan fingerprint density at radius 3 is 2.63 bits per heavy atom. The summed E-state index contributed by atoms with van der Waals surface area (Å²) in [6, 6.07) is 10.9. The summed E-state index contributed by atoms with van der Waals surface area (Å²) in [6.45, 7) is 3.70. The molecule has 1 atom stereocenters. The van der Waals surface area contributed by atoms with Crippen molar-refractivity contribution in [3.63, 3.8) is 0 Å². The number of ketones is 1. The van der Waals surface area contributed by atoms with Crippen molar-refractivity contribution < 1.29 is 4.79 Å². The Bertz CT molecular complexity index is 441. The van der Waals surface area contributed by atoms with E-state index in [1.165, 1.54) is 5.56 Å². The number of benzene rings is 1. The number of Topliss-reactive ketones (excluding diaryl/α,β-unsaturated/α-hetero) is 1. The van der Waals surface area contributed by atoms with Crippen LogP contribution in [0.15, 0.2) is 30.3 Å². The number of carbonyl (C=O) groups is 1. The molecule has 19 heavy (non-hydrogen) atoms. The first-order chi connectivity index (χ1) is 9.24. The molecule has 0 radical (unpaired) electrons. The number of hydrogen-bond donors (Lipinski definition) is 0. The first kappa shape index (κ1) is 12.8. The summed E-state index contributed by atoms with van der Waals surface area (Å²) < 4.78 is 0. The maximum Gasteiger partial charge on any atom is 0.149 e. The van der Waals surface area contributed by atoms with Gasteiger partial charge in [0.25, 0.3) is 0 Å². The number of piperazine rings is 1. The van der Waals surface area contributed by atoms with Crippen LogP contribution in [-0.4, -0.2) is 48.8 Å². The van der Waals surface area contributed by atoms with Gasteiger partial charge in [-0.15, -0.1) is 0 Å². The standard InChI is InChI=1S/C16H22N2O/c1-17-9-10-18(12-16(19)14-7-8-14)15(11-17)13-5-3-2-4-6-13/h2-6,14-15H,7-12H2,1H3. The van der Waals surface area contributed by atoms with Crippen molar-refractivity contribution >= 4 is 5.78 Å². The Labute approximate surface area is 115 Å². The molecule has 1 unspecified atom stereocenters. The van der Waals surface area contributed by atoms with Crippen molar-refractivity contribution in [3.05, 3.63) is 35.9 Å². The highest BCUT2D eigenvalue weighted by Crippen LogP contribution is 2.32. The number of rotatable bonds is 4. The van der Waals surface area contributed by atoms with E-state index in [-0.39, 0.29) is 0 Å². The largest absolute Gasteiger partial charge is 0.303 e. The topological polar surface area (TPSA) is 23.6 Å². The Morgan fingerprint density at radius 2 is 1.95 bits per heavy atom. The van der Waals surface area contributed by atoms with Crippen LogP contribution in [0.2, 0.25) is 0 Å². The van der Waals surface area contributed by atoms with Crippen LogP contribution in [0.1, 0.15) is 24.4 Å². The predicted molar refractivity (Wildman–Crippen MR) is 76.0 cm³/mol. The van der Waals surface area contributed by atoms with Crippen molar-refractivity contribution in [1.82, 2.24) is 9.80 Å². The SMILES string of the molecule is CN1CCN(CC(=O)C2CC2)C(c2ccccc2)C1. The van der Waals surface area contributed by atoms with E-state index in [1.807, 2.05) is 0 Å². The summed E-state index contributed by atoms with van der Waals surface area (Å²) >= 11 is 0. The van der Waals surface area contributed by atoms with Gasteiger partial charge in [-0.25, -0.2) is 0 Å². The van der Waals surface area contributed by atoms with Gasteiger partial charge < -0.3 is 4.90 Å². The van der Waals surface area contributed by atoms with Gasteiger partial charge >= 0.3 is 0 Å². The van der Waals surface area contributed by atoms with E-state index >= 15 is 0 Å². The van der Waals surface area contributed by atoms with E-state index in [2.05, 4.69) is 47.2 Å². The van der Waals surface area contributed by atoms with Gasteiger partial charge in [0.2, 0.25) is 0 Å². The van der Waals surface area contributed by atoms with Crippen molar-refractivity contribution in [3.8, 4) is 0 Å². The zero-order chi connectivity index (χ0) is 13.2. The van der Waals surface area contributed by atoms with Gasteiger partial charge in [0.05, 0.1) is 6.54 Å². The molecule has 2 aliphatic rings. The average molecular weight is 258 g/mol. The lowest BCUT2D eigenvalue weighted by atomic mass is 10.0. The molecular weight excluding hydrogens is 236 g/mol. The fraction of sp³-hybridized carbons (Fsp3) is 0.562. The second kappa shape index (κ2) is 5.43. The molecule has 0 bridgehead atoms. The monoisotopic (exact) mass is 258 g/mol. The fourth-order valence-electron chi connectivity index (χ4n) is 2.87. The van der Waals surface area contributed by atoms with Crippen molar-refractivity contribution in [2.45, 2.75) is 18.9 Å².